The molecule has 31 heavy (non-hydrogen) atoms. The van der Waals surface area contributed by atoms with Gasteiger partial charge in [0.05, 0.1) is 7.11 Å². The van der Waals surface area contributed by atoms with Crippen molar-refractivity contribution in [3.05, 3.63) is 101 Å². The van der Waals surface area contributed by atoms with Gasteiger partial charge in [0.1, 0.15) is 17.2 Å². The lowest BCUT2D eigenvalue weighted by molar-refractivity contribution is -0.149. The van der Waals surface area contributed by atoms with Gasteiger partial charge in [0.2, 0.25) is 6.10 Å². The summed E-state index contributed by atoms with van der Waals surface area (Å²) in [6.45, 7) is 0. The Hall–Kier alpha value is -3.21. The van der Waals surface area contributed by atoms with Gasteiger partial charge in [-0.25, -0.2) is 4.79 Å². The molecule has 0 fully saturated rings. The third-order valence-corrected chi connectivity index (χ3v) is 5.30. The average molecular weight is 453 g/mol. The molecule has 4 rings (SSSR count). The fourth-order valence-electron chi connectivity index (χ4n) is 3.17. The summed E-state index contributed by atoms with van der Waals surface area (Å²) in [6.07, 6.45) is -0.945. The number of halogens is 2. The molecule has 0 amide bonds. The molecule has 156 valence electrons. The summed E-state index contributed by atoms with van der Waals surface area (Å²) in [5, 5.41) is 2.90. The Bertz CT molecular complexity index is 1200. The molecule has 4 aromatic rings. The number of ether oxygens (including phenoxy) is 3. The number of carbonyl (C=O) groups is 1. The van der Waals surface area contributed by atoms with E-state index in [-0.39, 0.29) is 0 Å². The van der Waals surface area contributed by atoms with Crippen LogP contribution in [0.15, 0.2) is 84.9 Å². The summed E-state index contributed by atoms with van der Waals surface area (Å²) in [7, 11) is 1.33. The topological polar surface area (TPSA) is 44.8 Å². The smallest absolute Gasteiger partial charge is 0.351 e. The molecule has 0 aliphatic rings. The van der Waals surface area contributed by atoms with E-state index in [0.29, 0.717) is 32.9 Å². The zero-order valence-corrected chi connectivity index (χ0v) is 18.1. The number of hydrogen-bond acceptors (Lipinski definition) is 4. The van der Waals surface area contributed by atoms with Gasteiger partial charge in [-0.3, -0.25) is 0 Å². The Morgan fingerprint density at radius 3 is 2.03 bits per heavy atom. The predicted molar refractivity (Wildman–Crippen MR) is 122 cm³/mol. The summed E-state index contributed by atoms with van der Waals surface area (Å²) in [4.78, 5) is 12.5. The summed E-state index contributed by atoms with van der Waals surface area (Å²) < 4.78 is 16.9. The molecule has 6 heteroatoms. The minimum absolute atomic E-state index is 0.509. The van der Waals surface area contributed by atoms with Gasteiger partial charge in [0.25, 0.3) is 0 Å². The van der Waals surface area contributed by atoms with Gasteiger partial charge in [-0.05, 0) is 48.5 Å². The van der Waals surface area contributed by atoms with Crippen LogP contribution in [-0.4, -0.2) is 13.1 Å². The minimum Gasteiger partial charge on any atom is -0.473 e. The molecular formula is C25H18Cl2O4. The zero-order chi connectivity index (χ0) is 21.8. The highest BCUT2D eigenvalue weighted by Crippen LogP contribution is 2.35. The Morgan fingerprint density at radius 1 is 0.774 bits per heavy atom. The first-order valence-electron chi connectivity index (χ1n) is 9.50. The second-order valence-corrected chi connectivity index (χ2v) is 7.58. The van der Waals surface area contributed by atoms with Gasteiger partial charge in [-0.1, -0.05) is 59.6 Å². The second kappa shape index (κ2) is 9.29. The van der Waals surface area contributed by atoms with Crippen LogP contribution in [0.25, 0.3) is 10.8 Å². The number of hydrogen-bond donors (Lipinski definition) is 0. The van der Waals surface area contributed by atoms with Crippen LogP contribution in [-0.2, 0) is 9.53 Å². The quantitative estimate of drug-likeness (QED) is 0.289. The van der Waals surface area contributed by atoms with Gasteiger partial charge in [0, 0.05) is 26.4 Å². The third kappa shape index (κ3) is 4.76. The van der Waals surface area contributed by atoms with Crippen LogP contribution < -0.4 is 9.47 Å². The summed E-state index contributed by atoms with van der Waals surface area (Å²) in [6, 6.07) is 25.2. The SMILES string of the molecule is COC(=O)C(Oc1ccc(Cl)c2ccccc12)c1ccc(Oc2ccc(Cl)cc2)cc1. The normalized spacial score (nSPS) is 11.7. The van der Waals surface area contributed by atoms with Crippen molar-refractivity contribution in [2.24, 2.45) is 0 Å². The minimum atomic E-state index is -0.945. The highest BCUT2D eigenvalue weighted by molar-refractivity contribution is 6.35. The average Bonchev–Trinajstić information content (AvgIpc) is 2.80. The van der Waals surface area contributed by atoms with Crippen LogP contribution in [0.2, 0.25) is 10.0 Å². The summed E-state index contributed by atoms with van der Waals surface area (Å²) in [5.74, 6) is 1.31. The lowest BCUT2D eigenvalue weighted by Gasteiger charge is -2.19. The van der Waals surface area contributed by atoms with E-state index in [9.17, 15) is 4.79 Å². The molecule has 4 aromatic carbocycles. The van der Waals surface area contributed by atoms with Crippen molar-refractivity contribution in [3.8, 4) is 17.2 Å². The first-order chi connectivity index (χ1) is 15.0. The first kappa shape index (κ1) is 21.0. The lowest BCUT2D eigenvalue weighted by Crippen LogP contribution is -2.20. The molecule has 0 aliphatic heterocycles. The van der Waals surface area contributed by atoms with E-state index in [1.54, 1.807) is 60.7 Å². The Balaban J connectivity index is 1.61. The molecule has 0 N–H and O–H groups in total. The molecule has 0 saturated heterocycles. The van der Waals surface area contributed by atoms with Crippen LogP contribution in [0, 0.1) is 0 Å². The van der Waals surface area contributed by atoms with E-state index in [0.717, 1.165) is 10.8 Å². The maximum Gasteiger partial charge on any atom is 0.351 e. The van der Waals surface area contributed by atoms with Crippen LogP contribution in [0.4, 0.5) is 0 Å². The molecule has 1 unspecified atom stereocenters. The van der Waals surface area contributed by atoms with Gasteiger partial charge in [0.15, 0.2) is 0 Å². The number of esters is 1. The largest absolute Gasteiger partial charge is 0.473 e. The summed E-state index contributed by atoms with van der Waals surface area (Å²) >= 11 is 12.2. The maximum atomic E-state index is 12.5. The third-order valence-electron chi connectivity index (χ3n) is 4.72. The second-order valence-electron chi connectivity index (χ2n) is 6.74. The Kier molecular flexibility index (Phi) is 6.31. The van der Waals surface area contributed by atoms with Crippen molar-refractivity contribution in [1.29, 1.82) is 0 Å². The molecule has 4 nitrogen and oxygen atoms in total. The predicted octanol–water partition coefficient (Wildman–Crippen LogP) is 7.23. The fraction of sp³-hybridized carbons (Fsp3) is 0.0800. The maximum absolute atomic E-state index is 12.5. The van der Waals surface area contributed by atoms with Gasteiger partial charge < -0.3 is 14.2 Å². The van der Waals surface area contributed by atoms with Crippen LogP contribution in [0.3, 0.4) is 0 Å². The van der Waals surface area contributed by atoms with E-state index in [1.165, 1.54) is 7.11 Å². The van der Waals surface area contributed by atoms with E-state index < -0.39 is 12.1 Å². The highest BCUT2D eigenvalue weighted by atomic mass is 35.5. The van der Waals surface area contributed by atoms with Crippen molar-refractivity contribution in [2.75, 3.05) is 7.11 Å². The molecule has 0 saturated carbocycles. The molecule has 0 aliphatic carbocycles. The molecule has 0 spiro atoms. The van der Waals surface area contributed by atoms with Gasteiger partial charge >= 0.3 is 5.97 Å². The molecule has 0 bridgehead atoms. The van der Waals surface area contributed by atoms with E-state index in [1.807, 2.05) is 24.3 Å². The van der Waals surface area contributed by atoms with Gasteiger partial charge in [-0.2, -0.15) is 0 Å². The number of fused-ring (bicyclic) bond motifs is 1. The standard InChI is InChI=1S/C25H18Cl2O4/c1-29-25(28)24(31-23-15-14-22(27)20-4-2-3-5-21(20)23)16-6-10-18(11-7-16)30-19-12-8-17(26)9-13-19/h2-15,24H,1H3. The Labute approximate surface area is 189 Å². The number of rotatable bonds is 6. The van der Waals surface area contributed by atoms with Gasteiger partial charge in [-0.15, -0.1) is 0 Å². The number of carbonyl (C=O) groups excluding carboxylic acids is 1. The molecule has 1 atom stereocenters. The lowest BCUT2D eigenvalue weighted by atomic mass is 10.1. The van der Waals surface area contributed by atoms with Crippen molar-refractivity contribution in [3.63, 3.8) is 0 Å². The van der Waals surface area contributed by atoms with Crippen LogP contribution in [0.5, 0.6) is 17.2 Å². The Morgan fingerprint density at radius 2 is 1.39 bits per heavy atom. The molecule has 0 aromatic heterocycles. The molecule has 0 heterocycles. The van der Waals surface area contributed by atoms with E-state index >= 15 is 0 Å². The fourth-order valence-corrected chi connectivity index (χ4v) is 3.53. The van der Waals surface area contributed by atoms with Crippen molar-refractivity contribution in [2.45, 2.75) is 6.10 Å². The highest BCUT2D eigenvalue weighted by Gasteiger charge is 2.24. The monoisotopic (exact) mass is 452 g/mol. The van der Waals surface area contributed by atoms with E-state index in [4.69, 9.17) is 37.4 Å². The van der Waals surface area contributed by atoms with Crippen LogP contribution in [0.1, 0.15) is 11.7 Å². The molecular weight excluding hydrogens is 435 g/mol. The van der Waals surface area contributed by atoms with Crippen molar-refractivity contribution in [1.82, 2.24) is 0 Å². The van der Waals surface area contributed by atoms with Crippen molar-refractivity contribution < 1.29 is 19.0 Å². The van der Waals surface area contributed by atoms with E-state index in [2.05, 4.69) is 0 Å². The number of methoxy groups -OCH3 is 1. The molecule has 0 radical (unpaired) electrons. The van der Waals surface area contributed by atoms with Crippen LogP contribution >= 0.6 is 23.2 Å². The zero-order valence-electron chi connectivity index (χ0n) is 16.5. The number of benzene rings is 4. The first-order valence-corrected chi connectivity index (χ1v) is 10.3. The van der Waals surface area contributed by atoms with Crippen molar-refractivity contribution >= 4 is 39.9 Å². The summed E-state index contributed by atoms with van der Waals surface area (Å²) in [5.41, 5.74) is 0.634.